The summed E-state index contributed by atoms with van der Waals surface area (Å²) in [5, 5.41) is 18.7. The van der Waals surface area contributed by atoms with Crippen molar-refractivity contribution in [1.29, 1.82) is 0 Å². The van der Waals surface area contributed by atoms with Gasteiger partial charge in [0.25, 0.3) is 0 Å². The summed E-state index contributed by atoms with van der Waals surface area (Å²) in [7, 11) is 0. The van der Waals surface area contributed by atoms with Gasteiger partial charge in [-0.05, 0) is 53.7 Å². The summed E-state index contributed by atoms with van der Waals surface area (Å²) in [6.07, 6.45) is -1.65. The third-order valence-corrected chi connectivity index (χ3v) is 4.01. The van der Waals surface area contributed by atoms with Crippen LogP contribution in [-0.2, 0) is 9.47 Å². The summed E-state index contributed by atoms with van der Waals surface area (Å²) >= 11 is 0. The Balaban J connectivity index is 2.42. The van der Waals surface area contributed by atoms with E-state index >= 15 is 0 Å². The van der Waals surface area contributed by atoms with Crippen LogP contribution in [0.2, 0.25) is 0 Å². The number of para-hydroxylation sites is 1. The predicted molar refractivity (Wildman–Crippen MR) is 118 cm³/mol. The summed E-state index contributed by atoms with van der Waals surface area (Å²) in [5.41, 5.74) is -0.859. The van der Waals surface area contributed by atoms with Crippen LogP contribution in [0.25, 0.3) is 0 Å². The van der Waals surface area contributed by atoms with Gasteiger partial charge in [-0.2, -0.15) is 5.10 Å². The number of carbonyl (C=O) groups is 2. The summed E-state index contributed by atoms with van der Waals surface area (Å²) in [4.78, 5) is 28.7. The molecule has 1 aromatic carbocycles. The number of guanidine groups is 1. The number of phenols is 1. The van der Waals surface area contributed by atoms with Crippen LogP contribution >= 0.6 is 0 Å². The second-order valence-electron chi connectivity index (χ2n) is 9.95. The van der Waals surface area contributed by atoms with Gasteiger partial charge in [-0.1, -0.05) is 26.0 Å². The molecule has 9 nitrogen and oxygen atoms in total. The van der Waals surface area contributed by atoms with E-state index in [1.54, 1.807) is 65.8 Å². The van der Waals surface area contributed by atoms with Gasteiger partial charge in [0, 0.05) is 11.0 Å². The Hall–Kier alpha value is -3.10. The van der Waals surface area contributed by atoms with Crippen molar-refractivity contribution >= 4 is 23.9 Å². The van der Waals surface area contributed by atoms with E-state index in [4.69, 9.17) is 9.47 Å². The van der Waals surface area contributed by atoms with Crippen molar-refractivity contribution in [3.05, 3.63) is 29.8 Å². The fourth-order valence-electron chi connectivity index (χ4n) is 2.87. The molecule has 2 rings (SSSR count). The average molecular weight is 433 g/mol. The molecule has 0 saturated carbocycles. The molecule has 9 heteroatoms. The molecular weight excluding hydrogens is 400 g/mol. The van der Waals surface area contributed by atoms with E-state index in [1.165, 1.54) is 5.01 Å². The van der Waals surface area contributed by atoms with E-state index < -0.39 is 28.8 Å². The third kappa shape index (κ3) is 6.97. The molecule has 0 aromatic heterocycles. The zero-order chi connectivity index (χ0) is 23.6. The molecule has 2 N–H and O–H groups in total. The zero-order valence-corrected chi connectivity index (χ0v) is 19.4. The lowest BCUT2D eigenvalue weighted by atomic mass is 9.84. The highest BCUT2D eigenvalue weighted by atomic mass is 16.6. The quantitative estimate of drug-likeness (QED) is 0.507. The number of hydrazone groups is 1. The van der Waals surface area contributed by atoms with Crippen molar-refractivity contribution in [2.75, 3.05) is 6.54 Å². The average Bonchev–Trinajstić information content (AvgIpc) is 2.86. The van der Waals surface area contributed by atoms with Gasteiger partial charge in [0.05, 0.1) is 12.3 Å². The number of ether oxygens (including phenoxy) is 2. The molecule has 1 aromatic rings. The van der Waals surface area contributed by atoms with E-state index in [-0.39, 0.29) is 11.7 Å². The maximum absolute atomic E-state index is 12.4. The minimum Gasteiger partial charge on any atom is -0.507 e. The lowest BCUT2D eigenvalue weighted by Gasteiger charge is -2.24. The number of hydrogen-bond donors (Lipinski definition) is 2. The molecule has 0 saturated heterocycles. The number of aromatic hydroxyl groups is 1. The number of carbonyl (C=O) groups excluding carboxylic acids is 2. The molecule has 0 bridgehead atoms. The lowest BCUT2D eigenvalue weighted by molar-refractivity contribution is 0.0554. The highest BCUT2D eigenvalue weighted by Crippen LogP contribution is 2.33. The SMILES string of the molecule is CC(C)(C)OC(=O)N=C(NC(=O)OC(C)(C)C)N1CC(C)(C)C(c2ccccc2O)=N1. The Morgan fingerprint density at radius 1 is 1.10 bits per heavy atom. The first-order valence-corrected chi connectivity index (χ1v) is 10.0. The van der Waals surface area contributed by atoms with Crippen LogP contribution in [-0.4, -0.2) is 51.7 Å². The number of nitrogens with zero attached hydrogens (tertiary/aromatic N) is 3. The zero-order valence-electron chi connectivity index (χ0n) is 19.4. The number of phenolic OH excluding ortho intramolecular Hbond substituents is 1. The van der Waals surface area contributed by atoms with Crippen LogP contribution < -0.4 is 5.32 Å². The first-order chi connectivity index (χ1) is 14.1. The Labute approximate surface area is 183 Å². The van der Waals surface area contributed by atoms with Crippen molar-refractivity contribution in [3.63, 3.8) is 0 Å². The minimum absolute atomic E-state index is 0.0851. The largest absolute Gasteiger partial charge is 0.507 e. The van der Waals surface area contributed by atoms with Gasteiger partial charge in [0.2, 0.25) is 5.96 Å². The second-order valence-corrected chi connectivity index (χ2v) is 9.95. The number of alkyl carbamates (subject to hydrolysis) is 1. The van der Waals surface area contributed by atoms with Gasteiger partial charge >= 0.3 is 12.2 Å². The van der Waals surface area contributed by atoms with Gasteiger partial charge in [-0.15, -0.1) is 4.99 Å². The topological polar surface area (TPSA) is 113 Å². The van der Waals surface area contributed by atoms with Crippen molar-refractivity contribution < 1.29 is 24.2 Å². The maximum atomic E-state index is 12.4. The fraction of sp³-hybridized carbons (Fsp3) is 0.545. The number of rotatable bonds is 1. The summed E-state index contributed by atoms with van der Waals surface area (Å²) < 4.78 is 10.6. The fourth-order valence-corrected chi connectivity index (χ4v) is 2.87. The predicted octanol–water partition coefficient (Wildman–Crippen LogP) is 4.25. The van der Waals surface area contributed by atoms with E-state index in [1.807, 2.05) is 13.8 Å². The summed E-state index contributed by atoms with van der Waals surface area (Å²) in [5.74, 6) is -0.0381. The van der Waals surface area contributed by atoms with Crippen LogP contribution in [0, 0.1) is 5.41 Å². The molecule has 0 atom stereocenters. The van der Waals surface area contributed by atoms with Crippen LogP contribution in [0.5, 0.6) is 5.75 Å². The number of amides is 2. The number of benzene rings is 1. The second kappa shape index (κ2) is 8.56. The van der Waals surface area contributed by atoms with Crippen LogP contribution in [0.15, 0.2) is 34.4 Å². The molecule has 0 unspecified atom stereocenters. The standard InChI is InChI=1S/C22H32N4O5/c1-20(2,3)30-18(28)23-17(24-19(29)31-21(4,5)6)26-13-22(7,8)16(25-26)14-11-9-10-12-15(14)27/h9-12,27H,13H2,1-8H3,(H,23,24,28,29). The minimum atomic E-state index is -0.873. The molecule has 1 aliphatic heterocycles. The van der Waals surface area contributed by atoms with E-state index in [0.717, 1.165) is 0 Å². The van der Waals surface area contributed by atoms with Gasteiger partial charge in [-0.25, -0.2) is 14.6 Å². The van der Waals surface area contributed by atoms with Gasteiger partial charge in [0.1, 0.15) is 17.0 Å². The molecule has 1 aliphatic rings. The Kier molecular flexibility index (Phi) is 6.68. The first kappa shape index (κ1) is 24.2. The molecular formula is C22H32N4O5. The monoisotopic (exact) mass is 432 g/mol. The van der Waals surface area contributed by atoms with E-state index in [0.29, 0.717) is 17.8 Å². The van der Waals surface area contributed by atoms with Crippen LogP contribution in [0.3, 0.4) is 0 Å². The van der Waals surface area contributed by atoms with Gasteiger partial charge in [-0.3, -0.25) is 5.32 Å². The molecule has 2 amide bonds. The van der Waals surface area contributed by atoms with Crippen molar-refractivity contribution in [1.82, 2.24) is 10.3 Å². The van der Waals surface area contributed by atoms with Gasteiger partial charge < -0.3 is 14.6 Å². The maximum Gasteiger partial charge on any atom is 0.437 e. The summed E-state index contributed by atoms with van der Waals surface area (Å²) in [6, 6.07) is 6.85. The Bertz CT molecular complexity index is 907. The molecule has 0 radical (unpaired) electrons. The normalized spacial score (nSPS) is 16.6. The molecule has 0 fully saturated rings. The number of aliphatic imine (C=N–C) groups is 1. The highest BCUT2D eigenvalue weighted by Gasteiger charge is 2.39. The smallest absolute Gasteiger partial charge is 0.437 e. The Morgan fingerprint density at radius 3 is 2.23 bits per heavy atom. The lowest BCUT2D eigenvalue weighted by Crippen LogP contribution is -2.45. The molecule has 1 heterocycles. The van der Waals surface area contributed by atoms with Crippen LogP contribution in [0.1, 0.15) is 61.0 Å². The highest BCUT2D eigenvalue weighted by molar-refractivity contribution is 6.09. The van der Waals surface area contributed by atoms with Crippen molar-refractivity contribution in [2.45, 2.75) is 66.6 Å². The van der Waals surface area contributed by atoms with Gasteiger partial charge in [0.15, 0.2) is 0 Å². The third-order valence-electron chi connectivity index (χ3n) is 4.01. The number of hydrogen-bond acceptors (Lipinski definition) is 6. The Morgan fingerprint density at radius 2 is 1.68 bits per heavy atom. The first-order valence-electron chi connectivity index (χ1n) is 10.0. The summed E-state index contributed by atoms with van der Waals surface area (Å²) in [6.45, 7) is 14.5. The van der Waals surface area contributed by atoms with Crippen molar-refractivity contribution in [3.8, 4) is 5.75 Å². The van der Waals surface area contributed by atoms with Crippen molar-refractivity contribution in [2.24, 2.45) is 15.5 Å². The molecule has 0 spiro atoms. The van der Waals surface area contributed by atoms with Crippen LogP contribution in [0.4, 0.5) is 9.59 Å². The van der Waals surface area contributed by atoms with E-state index in [2.05, 4.69) is 15.4 Å². The molecule has 31 heavy (non-hydrogen) atoms. The number of nitrogens with one attached hydrogen (secondary N) is 1. The molecule has 0 aliphatic carbocycles. The molecule has 170 valence electrons. The van der Waals surface area contributed by atoms with E-state index in [9.17, 15) is 14.7 Å².